The van der Waals surface area contributed by atoms with Gasteiger partial charge in [0.05, 0.1) is 4.90 Å². The first-order valence-electron chi connectivity index (χ1n) is 4.98. The van der Waals surface area contributed by atoms with Crippen molar-refractivity contribution in [2.24, 2.45) is 0 Å². The van der Waals surface area contributed by atoms with E-state index in [9.17, 15) is 8.42 Å². The van der Waals surface area contributed by atoms with Crippen molar-refractivity contribution in [2.45, 2.75) is 11.8 Å². The minimum atomic E-state index is -3.50. The number of rotatable bonds is 2. The van der Waals surface area contributed by atoms with Crippen LogP contribution in [0.4, 0.5) is 0 Å². The van der Waals surface area contributed by atoms with Crippen molar-refractivity contribution in [3.05, 3.63) is 42.2 Å². The van der Waals surface area contributed by atoms with E-state index in [2.05, 4.69) is 22.7 Å². The monoisotopic (exact) mass is 362 g/mol. The SMILES string of the molecule is Cc1ccc(S(=O)(=O)NCl)cc1.SC1=PNOC=C1.[NaH]. The molecule has 0 bridgehead atoms. The van der Waals surface area contributed by atoms with Gasteiger partial charge in [-0.2, -0.15) is 0 Å². The van der Waals surface area contributed by atoms with Crippen LogP contribution in [-0.2, 0) is 14.9 Å². The van der Waals surface area contributed by atoms with Gasteiger partial charge in [0, 0.05) is 13.0 Å². The van der Waals surface area contributed by atoms with E-state index >= 15 is 0 Å². The van der Waals surface area contributed by atoms with E-state index in [1.165, 1.54) is 12.1 Å². The van der Waals surface area contributed by atoms with Crippen molar-refractivity contribution in [1.82, 2.24) is 9.49 Å². The number of hydrogen-bond acceptors (Lipinski definition) is 4. The standard InChI is InChI=1S/C7H8ClNO2S.C3H4NOPS.Na.H/c1-6-2-4-7(5-3-6)12(10,11)9-8;7-3-1-2-5-4-6-3;;/h2-5,9H,1H3;1-2,4,7H;;. The Morgan fingerprint density at radius 2 is 1.95 bits per heavy atom. The fraction of sp³-hybridized carbons (Fsp3) is 0.100. The third-order valence-electron chi connectivity index (χ3n) is 1.93. The zero-order valence-corrected chi connectivity index (χ0v) is 13.2. The van der Waals surface area contributed by atoms with E-state index in [-0.39, 0.29) is 34.5 Å². The molecule has 0 fully saturated rings. The van der Waals surface area contributed by atoms with Gasteiger partial charge in [-0.1, -0.05) is 17.7 Å². The first-order chi connectivity index (χ1) is 8.95. The molecule has 2 N–H and O–H groups in total. The van der Waals surface area contributed by atoms with Crippen LogP contribution in [0.2, 0.25) is 0 Å². The van der Waals surface area contributed by atoms with Crippen LogP contribution in [0.3, 0.4) is 0 Å². The molecule has 0 atom stereocenters. The third-order valence-corrected chi connectivity index (χ3v) is 4.66. The quantitative estimate of drug-likeness (QED) is 0.324. The molecular formula is C10H13ClN2NaO3PS2. The van der Waals surface area contributed by atoms with E-state index in [0.29, 0.717) is 0 Å². The average Bonchev–Trinajstić information content (AvgIpc) is 2.41. The molecule has 0 saturated heterocycles. The Balaban J connectivity index is 0.000000387. The van der Waals surface area contributed by atoms with E-state index in [4.69, 9.17) is 11.8 Å². The summed E-state index contributed by atoms with van der Waals surface area (Å²) in [5.41, 5.74) is 1.00. The molecule has 1 heterocycles. The van der Waals surface area contributed by atoms with E-state index in [0.717, 1.165) is 18.5 Å². The second-order valence-electron chi connectivity index (χ2n) is 3.38. The Labute approximate surface area is 152 Å². The molecule has 0 unspecified atom stereocenters. The van der Waals surface area contributed by atoms with Gasteiger partial charge in [-0.25, -0.2) is 8.42 Å². The van der Waals surface area contributed by atoms with Crippen LogP contribution in [0.15, 0.2) is 41.5 Å². The summed E-state index contributed by atoms with van der Waals surface area (Å²) in [7, 11) is -2.58. The van der Waals surface area contributed by atoms with Gasteiger partial charge in [0.25, 0.3) is 10.0 Å². The summed E-state index contributed by atoms with van der Waals surface area (Å²) in [5.74, 6) is 0. The summed E-state index contributed by atoms with van der Waals surface area (Å²) in [5, 5.41) is 2.61. The second kappa shape index (κ2) is 10.2. The minimum absolute atomic E-state index is 0. The molecule has 1 aliphatic heterocycles. The van der Waals surface area contributed by atoms with Gasteiger partial charge in [0.2, 0.25) is 0 Å². The summed E-state index contributed by atoms with van der Waals surface area (Å²) in [6.07, 6.45) is 3.35. The first-order valence-corrected chi connectivity index (χ1v) is 8.19. The Morgan fingerprint density at radius 3 is 2.30 bits per heavy atom. The van der Waals surface area contributed by atoms with Crippen molar-refractivity contribution in [3.63, 3.8) is 0 Å². The molecule has 0 aromatic heterocycles. The maximum atomic E-state index is 11.1. The molecule has 0 spiro atoms. The zero-order valence-electron chi connectivity index (χ0n) is 9.87. The van der Waals surface area contributed by atoms with Gasteiger partial charge in [-0.3, -0.25) is 0 Å². The summed E-state index contributed by atoms with van der Waals surface area (Å²) in [4.78, 5) is 4.80. The molecule has 0 aliphatic carbocycles. The Kier molecular flexibility index (Phi) is 10.4. The summed E-state index contributed by atoms with van der Waals surface area (Å²) >= 11 is 9.07. The number of nitrogens with one attached hydrogen (secondary N) is 2. The van der Waals surface area contributed by atoms with Crippen molar-refractivity contribution in [1.29, 1.82) is 0 Å². The van der Waals surface area contributed by atoms with Gasteiger partial charge < -0.3 is 4.84 Å². The van der Waals surface area contributed by atoms with Gasteiger partial charge in [0.1, 0.15) is 6.26 Å². The molecular weight excluding hydrogens is 350 g/mol. The normalized spacial score (nSPS) is 14.1. The fourth-order valence-electron chi connectivity index (χ4n) is 0.998. The van der Waals surface area contributed by atoms with Crippen LogP contribution in [0.25, 0.3) is 0 Å². The van der Waals surface area contributed by atoms with E-state index in [1.54, 1.807) is 28.7 Å². The Morgan fingerprint density at radius 1 is 1.35 bits per heavy atom. The molecule has 5 nitrogen and oxygen atoms in total. The third kappa shape index (κ3) is 7.45. The Bertz CT molecular complexity index is 579. The average molecular weight is 363 g/mol. The maximum absolute atomic E-state index is 11.1. The number of thiol groups is 1. The molecule has 1 aliphatic rings. The number of benzene rings is 1. The number of halogens is 1. The molecule has 0 saturated carbocycles. The molecule has 10 heteroatoms. The van der Waals surface area contributed by atoms with Crippen LogP contribution in [0, 0.1) is 6.92 Å². The van der Waals surface area contributed by atoms with Crippen LogP contribution < -0.4 is 9.49 Å². The van der Waals surface area contributed by atoms with Crippen molar-refractivity contribution < 1.29 is 13.3 Å². The van der Waals surface area contributed by atoms with Crippen molar-refractivity contribution >= 4 is 77.0 Å². The molecule has 20 heavy (non-hydrogen) atoms. The zero-order chi connectivity index (χ0) is 14.3. The predicted molar refractivity (Wildman–Crippen MR) is 88.8 cm³/mol. The number of aryl methyl sites for hydroxylation is 1. The van der Waals surface area contributed by atoms with Crippen LogP contribution in [-0.4, -0.2) is 42.6 Å². The summed E-state index contributed by atoms with van der Waals surface area (Å²) < 4.78 is 24.8. The van der Waals surface area contributed by atoms with Crippen molar-refractivity contribution in [3.8, 4) is 0 Å². The topological polar surface area (TPSA) is 67.4 Å². The van der Waals surface area contributed by atoms with Gasteiger partial charge in [-0.05, 0) is 36.9 Å². The fourth-order valence-corrected chi connectivity index (χ4v) is 2.37. The van der Waals surface area contributed by atoms with Crippen LogP contribution >= 0.6 is 32.8 Å². The van der Waals surface area contributed by atoms with Gasteiger partial charge in [0.15, 0.2) is 0 Å². The molecule has 1 aromatic carbocycles. The Hall–Kier alpha value is 0.440. The molecule has 2 rings (SSSR count). The van der Waals surface area contributed by atoms with Gasteiger partial charge in [-0.15, -0.1) is 22.1 Å². The second-order valence-corrected chi connectivity index (χ2v) is 7.19. The molecule has 0 radical (unpaired) electrons. The molecule has 106 valence electrons. The van der Waals surface area contributed by atoms with E-state index < -0.39 is 10.0 Å². The summed E-state index contributed by atoms with van der Waals surface area (Å²) in [6, 6.07) is 6.42. The number of sulfonamides is 1. The molecule has 0 amide bonds. The summed E-state index contributed by atoms with van der Waals surface area (Å²) in [6.45, 7) is 1.88. The van der Waals surface area contributed by atoms with Crippen molar-refractivity contribution in [2.75, 3.05) is 0 Å². The van der Waals surface area contributed by atoms with Gasteiger partial charge >= 0.3 is 29.6 Å². The predicted octanol–water partition coefficient (Wildman–Crippen LogP) is 1.73. The van der Waals surface area contributed by atoms with Crippen LogP contribution in [0.1, 0.15) is 5.56 Å². The van der Waals surface area contributed by atoms with Crippen LogP contribution in [0.5, 0.6) is 0 Å². The molecule has 1 aromatic rings. The van der Waals surface area contributed by atoms with E-state index in [1.807, 2.05) is 6.92 Å². The first kappa shape index (κ1) is 20.4. The number of hydrogen-bond donors (Lipinski definition) is 3.